The van der Waals surface area contributed by atoms with Crippen LogP contribution in [0.4, 0.5) is 11.4 Å². The number of ether oxygens (including phenoxy) is 2. The molecule has 1 saturated heterocycles. The van der Waals surface area contributed by atoms with Crippen molar-refractivity contribution >= 4 is 33.2 Å². The Morgan fingerprint density at radius 1 is 1.25 bits per heavy atom. The molecule has 0 aliphatic carbocycles. The zero-order valence-electron chi connectivity index (χ0n) is 17.9. The van der Waals surface area contributed by atoms with Gasteiger partial charge in [-0.05, 0) is 55.7 Å². The summed E-state index contributed by atoms with van der Waals surface area (Å²) >= 11 is 0. The number of piperidine rings is 1. The lowest BCUT2D eigenvalue weighted by Gasteiger charge is -2.31. The van der Waals surface area contributed by atoms with Gasteiger partial charge in [-0.2, -0.15) is 4.31 Å². The number of methoxy groups -OCH3 is 1. The van der Waals surface area contributed by atoms with Gasteiger partial charge in [0.25, 0.3) is 5.91 Å². The first-order chi connectivity index (χ1) is 15.3. The first kappa shape index (κ1) is 22.1. The van der Waals surface area contributed by atoms with Crippen molar-refractivity contribution in [3.8, 4) is 11.5 Å². The fourth-order valence-electron chi connectivity index (χ4n) is 3.90. The van der Waals surface area contributed by atoms with Gasteiger partial charge in [-0.25, -0.2) is 8.42 Å². The third-order valence-corrected chi connectivity index (χ3v) is 7.45. The predicted octanol–water partition coefficient (Wildman–Crippen LogP) is 2.37. The first-order valence-corrected chi connectivity index (χ1v) is 11.7. The smallest absolute Gasteiger partial charge is 0.262 e. The summed E-state index contributed by atoms with van der Waals surface area (Å²) in [7, 11) is -2.32. The minimum absolute atomic E-state index is 0.0449. The van der Waals surface area contributed by atoms with Crippen LogP contribution in [0.3, 0.4) is 0 Å². The number of anilines is 2. The van der Waals surface area contributed by atoms with E-state index in [0.29, 0.717) is 42.3 Å². The highest BCUT2D eigenvalue weighted by molar-refractivity contribution is 7.89. The number of benzene rings is 2. The number of aryl methyl sites for hydroxylation is 1. The third kappa shape index (κ3) is 4.42. The van der Waals surface area contributed by atoms with Crippen LogP contribution in [0.15, 0.2) is 41.3 Å². The topological polar surface area (TPSA) is 114 Å². The molecule has 2 aliphatic heterocycles. The molecule has 2 N–H and O–H groups in total. The molecular weight excluding hydrogens is 434 g/mol. The Balaban J connectivity index is 1.51. The molecule has 2 aliphatic rings. The average molecular weight is 460 g/mol. The van der Waals surface area contributed by atoms with Crippen LogP contribution in [-0.4, -0.2) is 51.3 Å². The predicted molar refractivity (Wildman–Crippen MR) is 118 cm³/mol. The highest BCUT2D eigenvalue weighted by Crippen LogP contribution is 2.33. The molecule has 2 aromatic rings. The van der Waals surface area contributed by atoms with Crippen molar-refractivity contribution in [3.05, 3.63) is 42.0 Å². The molecule has 0 unspecified atom stereocenters. The molecule has 1 atom stereocenters. The van der Waals surface area contributed by atoms with Gasteiger partial charge < -0.3 is 20.1 Å². The minimum atomic E-state index is -3.85. The summed E-state index contributed by atoms with van der Waals surface area (Å²) in [5.41, 5.74) is 1.85. The highest BCUT2D eigenvalue weighted by atomic mass is 32.2. The van der Waals surface area contributed by atoms with E-state index in [9.17, 15) is 18.0 Å². The molecule has 2 aromatic carbocycles. The molecule has 2 amide bonds. The Bertz CT molecular complexity index is 1160. The number of rotatable bonds is 5. The van der Waals surface area contributed by atoms with E-state index in [1.807, 2.05) is 19.1 Å². The number of nitrogens with one attached hydrogen (secondary N) is 2. The Labute approximate surface area is 186 Å². The van der Waals surface area contributed by atoms with Crippen LogP contribution in [0, 0.1) is 12.8 Å². The van der Waals surface area contributed by atoms with Gasteiger partial charge in [0.2, 0.25) is 15.9 Å². The summed E-state index contributed by atoms with van der Waals surface area (Å²) in [4.78, 5) is 24.6. The van der Waals surface area contributed by atoms with Crippen LogP contribution >= 0.6 is 0 Å². The Kier molecular flexibility index (Phi) is 6.07. The van der Waals surface area contributed by atoms with E-state index in [0.717, 1.165) is 5.56 Å². The van der Waals surface area contributed by atoms with Gasteiger partial charge in [0.1, 0.15) is 11.5 Å². The molecule has 2 heterocycles. The fraction of sp³-hybridized carbons (Fsp3) is 0.364. The van der Waals surface area contributed by atoms with Crippen LogP contribution in [0.5, 0.6) is 11.5 Å². The number of nitrogens with zero attached hydrogens (tertiary/aromatic N) is 1. The SMILES string of the molecule is COc1ccc(C)cc1NC(=O)[C@H]1CCCN(S(=O)(=O)c2ccc3c(c2)NC(=O)CO3)C1. The van der Waals surface area contributed by atoms with Crippen molar-refractivity contribution in [2.75, 3.05) is 37.4 Å². The zero-order valence-corrected chi connectivity index (χ0v) is 18.7. The van der Waals surface area contributed by atoms with Crippen molar-refractivity contribution in [3.63, 3.8) is 0 Å². The summed E-state index contributed by atoms with van der Waals surface area (Å²) < 4.78 is 38.4. The average Bonchev–Trinajstić information content (AvgIpc) is 2.78. The van der Waals surface area contributed by atoms with Gasteiger partial charge >= 0.3 is 0 Å². The lowest BCUT2D eigenvalue weighted by molar-refractivity contribution is -0.121. The number of sulfonamides is 1. The van der Waals surface area contributed by atoms with E-state index in [2.05, 4.69) is 10.6 Å². The number of hydrogen-bond donors (Lipinski definition) is 2. The van der Waals surface area contributed by atoms with Crippen molar-refractivity contribution in [1.82, 2.24) is 4.31 Å². The maximum absolute atomic E-state index is 13.2. The van der Waals surface area contributed by atoms with Crippen molar-refractivity contribution < 1.29 is 27.5 Å². The van der Waals surface area contributed by atoms with Gasteiger partial charge in [-0.1, -0.05) is 6.07 Å². The van der Waals surface area contributed by atoms with Gasteiger partial charge in [0, 0.05) is 13.1 Å². The second kappa shape index (κ2) is 8.79. The van der Waals surface area contributed by atoms with Gasteiger partial charge in [0.05, 0.1) is 29.3 Å². The number of carbonyl (C=O) groups excluding carboxylic acids is 2. The molecule has 0 spiro atoms. The number of fused-ring (bicyclic) bond motifs is 1. The molecule has 1 fully saturated rings. The van der Waals surface area contributed by atoms with Crippen LogP contribution in [0.25, 0.3) is 0 Å². The molecule has 9 nitrogen and oxygen atoms in total. The van der Waals surface area contributed by atoms with E-state index in [1.165, 1.54) is 29.6 Å². The second-order valence-corrected chi connectivity index (χ2v) is 9.83. The van der Waals surface area contributed by atoms with E-state index in [1.54, 1.807) is 6.07 Å². The Hall–Kier alpha value is -3.11. The normalized spacial score (nSPS) is 18.8. The monoisotopic (exact) mass is 459 g/mol. The summed E-state index contributed by atoms with van der Waals surface area (Å²) in [6.45, 7) is 2.20. The molecular formula is C22H25N3O6S. The number of carbonyl (C=O) groups is 2. The number of amides is 2. The van der Waals surface area contributed by atoms with Gasteiger partial charge in [-0.15, -0.1) is 0 Å². The number of hydrogen-bond acceptors (Lipinski definition) is 6. The maximum Gasteiger partial charge on any atom is 0.262 e. The quantitative estimate of drug-likeness (QED) is 0.710. The lowest BCUT2D eigenvalue weighted by atomic mass is 9.98. The fourth-order valence-corrected chi connectivity index (χ4v) is 5.45. The van der Waals surface area contributed by atoms with E-state index < -0.39 is 15.9 Å². The molecule has 0 aromatic heterocycles. The Morgan fingerprint density at radius 2 is 2.06 bits per heavy atom. The summed E-state index contributed by atoms with van der Waals surface area (Å²) in [5, 5.41) is 5.50. The molecule has 170 valence electrons. The summed E-state index contributed by atoms with van der Waals surface area (Å²) in [5.74, 6) is -0.119. The van der Waals surface area contributed by atoms with Crippen molar-refractivity contribution in [2.24, 2.45) is 5.92 Å². The van der Waals surface area contributed by atoms with Crippen LogP contribution in [0.2, 0.25) is 0 Å². The van der Waals surface area contributed by atoms with E-state index in [4.69, 9.17) is 9.47 Å². The molecule has 10 heteroatoms. The van der Waals surface area contributed by atoms with E-state index >= 15 is 0 Å². The van der Waals surface area contributed by atoms with Crippen LogP contribution < -0.4 is 20.1 Å². The molecule has 4 rings (SSSR count). The Morgan fingerprint density at radius 3 is 2.84 bits per heavy atom. The molecule has 32 heavy (non-hydrogen) atoms. The second-order valence-electron chi connectivity index (χ2n) is 7.89. The van der Waals surface area contributed by atoms with E-state index in [-0.39, 0.29) is 29.9 Å². The van der Waals surface area contributed by atoms with Crippen LogP contribution in [-0.2, 0) is 19.6 Å². The third-order valence-electron chi connectivity index (χ3n) is 5.59. The van der Waals surface area contributed by atoms with Crippen LogP contribution in [0.1, 0.15) is 18.4 Å². The summed E-state index contributed by atoms with van der Waals surface area (Å²) in [6, 6.07) is 9.85. The van der Waals surface area contributed by atoms with Gasteiger partial charge in [-0.3, -0.25) is 9.59 Å². The standard InChI is InChI=1S/C22H25N3O6S/c1-14-5-7-19(30-2)17(10-14)24-22(27)15-4-3-9-25(12-15)32(28,29)16-6-8-20-18(11-16)23-21(26)13-31-20/h5-8,10-11,15H,3-4,9,12-13H2,1-2H3,(H,23,26)(H,24,27)/t15-/m0/s1. The molecule has 0 saturated carbocycles. The maximum atomic E-state index is 13.2. The van der Waals surface area contributed by atoms with Gasteiger partial charge in [0.15, 0.2) is 6.61 Å². The van der Waals surface area contributed by atoms with Crippen molar-refractivity contribution in [1.29, 1.82) is 0 Å². The molecule has 0 bridgehead atoms. The largest absolute Gasteiger partial charge is 0.495 e. The molecule has 0 radical (unpaired) electrons. The first-order valence-electron chi connectivity index (χ1n) is 10.3. The van der Waals surface area contributed by atoms with Crippen molar-refractivity contribution in [2.45, 2.75) is 24.7 Å². The zero-order chi connectivity index (χ0) is 22.9. The highest BCUT2D eigenvalue weighted by Gasteiger charge is 2.34. The minimum Gasteiger partial charge on any atom is -0.495 e. The lowest BCUT2D eigenvalue weighted by Crippen LogP contribution is -2.43. The summed E-state index contributed by atoms with van der Waals surface area (Å²) in [6.07, 6.45) is 1.15.